The summed E-state index contributed by atoms with van der Waals surface area (Å²) in [4.78, 5) is 11.3. The summed E-state index contributed by atoms with van der Waals surface area (Å²) in [7, 11) is 0. The average molecular weight is 311 g/mol. The molecule has 0 aliphatic carbocycles. The highest BCUT2D eigenvalue weighted by Gasteiger charge is 2.31. The maximum absolute atomic E-state index is 12.5. The predicted molar refractivity (Wildman–Crippen MR) is 71.2 cm³/mol. The van der Waals surface area contributed by atoms with Crippen molar-refractivity contribution in [1.29, 1.82) is 0 Å². The van der Waals surface area contributed by atoms with Crippen LogP contribution in [-0.2, 0) is 5.88 Å². The monoisotopic (exact) mass is 310 g/mol. The fourth-order valence-corrected chi connectivity index (χ4v) is 2.05. The van der Waals surface area contributed by atoms with Crippen molar-refractivity contribution in [3.05, 3.63) is 33.9 Å². The molecule has 20 heavy (non-hydrogen) atoms. The summed E-state index contributed by atoms with van der Waals surface area (Å²) in [6.07, 6.45) is -3.80. The smallest absolute Gasteiger partial charge is 0.363 e. The molecule has 0 heterocycles. The van der Waals surface area contributed by atoms with Crippen molar-refractivity contribution in [3.63, 3.8) is 0 Å². The molecule has 0 unspecified atom stereocenters. The Labute approximate surface area is 119 Å². The first-order valence-corrected chi connectivity index (χ1v) is 6.47. The first kappa shape index (κ1) is 16.6. The fraction of sp³-hybridized carbons (Fsp3) is 0.500. The molecule has 0 saturated heterocycles. The average Bonchev–Trinajstić information content (AvgIpc) is 2.35. The highest BCUT2D eigenvalue weighted by atomic mass is 35.5. The second-order valence-electron chi connectivity index (χ2n) is 4.24. The second kappa shape index (κ2) is 6.78. The van der Waals surface area contributed by atoms with Crippen LogP contribution in [0.5, 0.6) is 0 Å². The maximum atomic E-state index is 12.5. The fourth-order valence-electron chi connectivity index (χ4n) is 1.84. The molecule has 0 spiro atoms. The molecule has 4 nitrogen and oxygen atoms in total. The molecule has 0 bridgehead atoms. The Balaban J connectivity index is 3.11. The first-order valence-electron chi connectivity index (χ1n) is 5.93. The van der Waals surface area contributed by atoms with Gasteiger partial charge in [-0.2, -0.15) is 13.2 Å². The van der Waals surface area contributed by atoms with Crippen molar-refractivity contribution in [2.75, 3.05) is 18.0 Å². The summed E-state index contributed by atoms with van der Waals surface area (Å²) >= 11 is 5.62. The Bertz CT molecular complexity index is 480. The second-order valence-corrected chi connectivity index (χ2v) is 4.51. The van der Waals surface area contributed by atoms with Crippen LogP contribution in [0.2, 0.25) is 0 Å². The molecule has 0 fully saturated rings. The van der Waals surface area contributed by atoms with Gasteiger partial charge in [-0.3, -0.25) is 10.1 Å². The molecule has 1 aromatic rings. The van der Waals surface area contributed by atoms with E-state index in [1.54, 1.807) is 6.92 Å². The number of rotatable bonds is 6. The van der Waals surface area contributed by atoms with E-state index in [1.165, 1.54) is 18.2 Å². The van der Waals surface area contributed by atoms with E-state index in [0.717, 1.165) is 4.90 Å². The number of anilines is 1. The van der Waals surface area contributed by atoms with E-state index in [1.807, 2.05) is 0 Å². The van der Waals surface area contributed by atoms with Gasteiger partial charge in [0.25, 0.3) is 5.69 Å². The van der Waals surface area contributed by atoms with E-state index in [-0.39, 0.29) is 29.4 Å². The lowest BCUT2D eigenvalue weighted by atomic mass is 10.1. The van der Waals surface area contributed by atoms with Gasteiger partial charge in [0.2, 0.25) is 0 Å². The molecule has 0 aliphatic rings. The Morgan fingerprint density at radius 1 is 1.40 bits per heavy atom. The van der Waals surface area contributed by atoms with Crippen molar-refractivity contribution in [3.8, 4) is 0 Å². The number of hydrogen-bond acceptors (Lipinski definition) is 3. The number of hydrogen-bond donors (Lipinski definition) is 0. The third-order valence-electron chi connectivity index (χ3n) is 2.63. The largest absolute Gasteiger partial charge is 0.405 e. The molecule has 0 saturated carbocycles. The molecule has 112 valence electrons. The molecule has 8 heteroatoms. The Kier molecular flexibility index (Phi) is 5.62. The lowest BCUT2D eigenvalue weighted by Crippen LogP contribution is -2.34. The van der Waals surface area contributed by atoms with E-state index in [0.29, 0.717) is 6.42 Å². The van der Waals surface area contributed by atoms with E-state index in [2.05, 4.69) is 0 Å². The number of nitro benzene ring substituents is 1. The van der Waals surface area contributed by atoms with E-state index >= 15 is 0 Å². The molecular formula is C12H14ClF3N2O2. The standard InChI is InChI=1S/C12H14ClF3N2O2/c1-2-5-17(8-12(14,15)16)10-3-4-11(18(19)20)9(6-10)7-13/h3-4,6H,2,5,7-8H2,1H3. The molecule has 0 aliphatic heterocycles. The van der Waals surface area contributed by atoms with Crippen LogP contribution < -0.4 is 4.90 Å². The van der Waals surface area contributed by atoms with Crippen LogP contribution in [0, 0.1) is 10.1 Å². The van der Waals surface area contributed by atoms with Crippen LogP contribution in [0.4, 0.5) is 24.5 Å². The highest BCUT2D eigenvalue weighted by Crippen LogP contribution is 2.28. The molecule has 0 amide bonds. The minimum absolute atomic E-state index is 0.129. The number of benzene rings is 1. The summed E-state index contributed by atoms with van der Waals surface area (Å²) in [5.74, 6) is -0.129. The van der Waals surface area contributed by atoms with Gasteiger partial charge in [0.15, 0.2) is 0 Å². The predicted octanol–water partition coefficient (Wildman–Crippen LogP) is 4.11. The number of alkyl halides is 4. The third kappa shape index (κ3) is 4.56. The Hall–Kier alpha value is -1.50. The molecular weight excluding hydrogens is 297 g/mol. The van der Waals surface area contributed by atoms with Crippen molar-refractivity contribution in [2.45, 2.75) is 25.4 Å². The number of halogens is 4. The number of nitrogens with zero attached hydrogens (tertiary/aromatic N) is 2. The Morgan fingerprint density at radius 3 is 2.50 bits per heavy atom. The van der Waals surface area contributed by atoms with Crippen molar-refractivity contribution in [2.24, 2.45) is 0 Å². The minimum Gasteiger partial charge on any atom is -0.363 e. The lowest BCUT2D eigenvalue weighted by molar-refractivity contribution is -0.385. The summed E-state index contributed by atoms with van der Waals surface area (Å²) < 4.78 is 37.6. The zero-order chi connectivity index (χ0) is 15.3. The number of nitro groups is 1. The van der Waals surface area contributed by atoms with Gasteiger partial charge < -0.3 is 4.90 Å². The molecule has 0 N–H and O–H groups in total. The lowest BCUT2D eigenvalue weighted by Gasteiger charge is -2.25. The summed E-state index contributed by atoms with van der Waals surface area (Å²) in [5.41, 5.74) is 0.301. The molecule has 1 aromatic carbocycles. The van der Waals surface area contributed by atoms with Crippen LogP contribution in [0.3, 0.4) is 0 Å². The molecule has 1 rings (SSSR count). The Morgan fingerprint density at radius 2 is 2.05 bits per heavy atom. The van der Waals surface area contributed by atoms with Gasteiger partial charge in [-0.25, -0.2) is 0 Å². The van der Waals surface area contributed by atoms with Gasteiger partial charge in [-0.05, 0) is 18.6 Å². The van der Waals surface area contributed by atoms with E-state index in [9.17, 15) is 23.3 Å². The van der Waals surface area contributed by atoms with Crippen molar-refractivity contribution < 1.29 is 18.1 Å². The normalized spacial score (nSPS) is 11.4. The van der Waals surface area contributed by atoms with Gasteiger partial charge in [-0.15, -0.1) is 11.6 Å². The zero-order valence-electron chi connectivity index (χ0n) is 10.8. The van der Waals surface area contributed by atoms with Crippen LogP contribution in [0.25, 0.3) is 0 Å². The van der Waals surface area contributed by atoms with Gasteiger partial charge in [0.1, 0.15) is 6.54 Å². The van der Waals surface area contributed by atoms with E-state index in [4.69, 9.17) is 11.6 Å². The van der Waals surface area contributed by atoms with Crippen LogP contribution in [-0.4, -0.2) is 24.2 Å². The van der Waals surface area contributed by atoms with Gasteiger partial charge >= 0.3 is 6.18 Å². The van der Waals surface area contributed by atoms with Crippen LogP contribution >= 0.6 is 11.6 Å². The first-order chi connectivity index (χ1) is 9.28. The summed E-state index contributed by atoms with van der Waals surface area (Å²) in [5, 5.41) is 10.8. The van der Waals surface area contributed by atoms with Gasteiger partial charge in [-0.1, -0.05) is 6.92 Å². The van der Waals surface area contributed by atoms with Gasteiger partial charge in [0, 0.05) is 23.9 Å². The van der Waals surface area contributed by atoms with Crippen molar-refractivity contribution >= 4 is 23.0 Å². The van der Waals surface area contributed by atoms with E-state index < -0.39 is 17.6 Å². The molecule has 0 aromatic heterocycles. The van der Waals surface area contributed by atoms with Gasteiger partial charge in [0.05, 0.1) is 10.8 Å². The third-order valence-corrected chi connectivity index (χ3v) is 2.92. The minimum atomic E-state index is -4.34. The van der Waals surface area contributed by atoms with Crippen molar-refractivity contribution in [1.82, 2.24) is 0 Å². The zero-order valence-corrected chi connectivity index (χ0v) is 11.5. The SMILES string of the molecule is CCCN(CC(F)(F)F)c1ccc([N+](=O)[O-])c(CCl)c1. The topological polar surface area (TPSA) is 46.4 Å². The highest BCUT2D eigenvalue weighted by molar-refractivity contribution is 6.17. The van der Waals surface area contributed by atoms with Crippen LogP contribution in [0.1, 0.15) is 18.9 Å². The quantitative estimate of drug-likeness (QED) is 0.451. The molecule has 0 atom stereocenters. The summed E-state index contributed by atoms with van der Waals surface area (Å²) in [6.45, 7) is 0.872. The van der Waals surface area contributed by atoms with Crippen LogP contribution in [0.15, 0.2) is 18.2 Å². The summed E-state index contributed by atoms with van der Waals surface area (Å²) in [6, 6.07) is 3.84. The molecule has 0 radical (unpaired) electrons. The maximum Gasteiger partial charge on any atom is 0.405 e.